The van der Waals surface area contributed by atoms with Crippen LogP contribution < -0.4 is 0 Å². The highest BCUT2D eigenvalue weighted by Crippen LogP contribution is 2.50. The Balaban J connectivity index is 1.53. The third kappa shape index (κ3) is 3.37. The molecule has 0 N–H and O–H groups in total. The summed E-state index contributed by atoms with van der Waals surface area (Å²) in [5, 5.41) is 2.57. The van der Waals surface area contributed by atoms with Gasteiger partial charge in [0.05, 0.1) is 0 Å². The molecule has 0 saturated heterocycles. The van der Waals surface area contributed by atoms with E-state index in [2.05, 4.69) is 147 Å². The minimum absolute atomic E-state index is 0.0238. The van der Waals surface area contributed by atoms with Gasteiger partial charge in [-0.05, 0) is 78.5 Å². The lowest BCUT2D eigenvalue weighted by Gasteiger charge is -2.23. The quantitative estimate of drug-likeness (QED) is 0.240. The number of hydrogen-bond donors (Lipinski definition) is 0. The van der Waals surface area contributed by atoms with Crippen LogP contribution in [0.2, 0.25) is 0 Å². The van der Waals surface area contributed by atoms with E-state index in [0.29, 0.717) is 0 Å². The van der Waals surface area contributed by atoms with Crippen LogP contribution in [-0.2, 0) is 5.41 Å². The van der Waals surface area contributed by atoms with Gasteiger partial charge in [0.25, 0.3) is 0 Å². The van der Waals surface area contributed by atoms with E-state index < -0.39 is 0 Å². The maximum absolute atomic E-state index is 2.44. The SMILES string of the molecule is CC1(C)c2ccccc2-c2ccc(-c3cc(-c4ccccc4)c(-c4ccccc4)c4ccccc34)cc21. The second-order valence-corrected chi connectivity index (χ2v) is 10.6. The molecule has 0 fully saturated rings. The lowest BCUT2D eigenvalue weighted by atomic mass is 9.80. The monoisotopic (exact) mass is 472 g/mol. The molecule has 6 aromatic carbocycles. The summed E-state index contributed by atoms with van der Waals surface area (Å²) in [6, 6.07) is 48.9. The second kappa shape index (κ2) is 8.32. The lowest BCUT2D eigenvalue weighted by molar-refractivity contribution is 0.660. The molecule has 0 aliphatic heterocycles. The summed E-state index contributed by atoms with van der Waals surface area (Å²) in [6.45, 7) is 4.71. The van der Waals surface area contributed by atoms with E-state index in [1.54, 1.807) is 0 Å². The summed E-state index contributed by atoms with van der Waals surface area (Å²) < 4.78 is 0. The van der Waals surface area contributed by atoms with E-state index in [9.17, 15) is 0 Å². The molecule has 0 saturated carbocycles. The van der Waals surface area contributed by atoms with Crippen molar-refractivity contribution in [3.63, 3.8) is 0 Å². The average molecular weight is 473 g/mol. The lowest BCUT2D eigenvalue weighted by Crippen LogP contribution is -2.14. The van der Waals surface area contributed by atoms with Crippen molar-refractivity contribution in [3.05, 3.63) is 145 Å². The van der Waals surface area contributed by atoms with Gasteiger partial charge in [-0.1, -0.05) is 135 Å². The van der Waals surface area contributed by atoms with Gasteiger partial charge < -0.3 is 0 Å². The Kier molecular flexibility index (Phi) is 4.91. The zero-order valence-corrected chi connectivity index (χ0v) is 21.2. The minimum atomic E-state index is -0.0238. The second-order valence-electron chi connectivity index (χ2n) is 10.6. The first-order chi connectivity index (χ1) is 18.1. The fraction of sp³-hybridized carbons (Fsp3) is 0.0811. The molecule has 176 valence electrons. The number of benzene rings is 6. The summed E-state index contributed by atoms with van der Waals surface area (Å²) >= 11 is 0. The number of hydrogen-bond acceptors (Lipinski definition) is 0. The largest absolute Gasteiger partial charge is 0.0622 e. The maximum Gasteiger partial charge on any atom is 0.0159 e. The molecule has 6 aromatic rings. The highest BCUT2D eigenvalue weighted by Gasteiger charge is 2.35. The summed E-state index contributed by atoms with van der Waals surface area (Å²) in [4.78, 5) is 0. The molecule has 0 heteroatoms. The zero-order chi connectivity index (χ0) is 25.0. The van der Waals surface area contributed by atoms with Crippen molar-refractivity contribution in [1.82, 2.24) is 0 Å². The average Bonchev–Trinajstić information content (AvgIpc) is 3.19. The van der Waals surface area contributed by atoms with Gasteiger partial charge in [-0.3, -0.25) is 0 Å². The first kappa shape index (κ1) is 21.8. The summed E-state index contributed by atoms with van der Waals surface area (Å²) in [5.41, 5.74) is 13.1. The molecule has 0 radical (unpaired) electrons. The third-order valence-electron chi connectivity index (χ3n) is 8.09. The smallest absolute Gasteiger partial charge is 0.0159 e. The molecule has 0 bridgehead atoms. The van der Waals surface area contributed by atoms with Gasteiger partial charge in [-0.15, -0.1) is 0 Å². The molecule has 1 aliphatic carbocycles. The Bertz CT molecular complexity index is 1770. The van der Waals surface area contributed by atoms with E-state index in [4.69, 9.17) is 0 Å². The van der Waals surface area contributed by atoms with Crippen molar-refractivity contribution in [2.24, 2.45) is 0 Å². The zero-order valence-electron chi connectivity index (χ0n) is 21.2. The topological polar surface area (TPSA) is 0 Å². The van der Waals surface area contributed by atoms with Crippen molar-refractivity contribution in [3.8, 4) is 44.5 Å². The van der Waals surface area contributed by atoms with Gasteiger partial charge in [-0.25, -0.2) is 0 Å². The van der Waals surface area contributed by atoms with Crippen LogP contribution in [-0.4, -0.2) is 0 Å². The van der Waals surface area contributed by atoms with Crippen molar-refractivity contribution in [1.29, 1.82) is 0 Å². The summed E-state index contributed by atoms with van der Waals surface area (Å²) in [7, 11) is 0. The van der Waals surface area contributed by atoms with E-state index in [-0.39, 0.29) is 5.41 Å². The van der Waals surface area contributed by atoms with Crippen LogP contribution in [0.25, 0.3) is 55.3 Å². The Morgan fingerprint density at radius 2 is 0.973 bits per heavy atom. The van der Waals surface area contributed by atoms with E-state index >= 15 is 0 Å². The minimum Gasteiger partial charge on any atom is -0.0622 e. The van der Waals surface area contributed by atoms with Crippen molar-refractivity contribution < 1.29 is 0 Å². The number of rotatable bonds is 3. The van der Waals surface area contributed by atoms with Crippen molar-refractivity contribution >= 4 is 10.8 Å². The van der Waals surface area contributed by atoms with Gasteiger partial charge >= 0.3 is 0 Å². The maximum atomic E-state index is 2.44. The Labute approximate surface area is 218 Å². The van der Waals surface area contributed by atoms with Gasteiger partial charge in [0.1, 0.15) is 0 Å². The van der Waals surface area contributed by atoms with E-state index in [1.807, 2.05) is 0 Å². The van der Waals surface area contributed by atoms with Crippen LogP contribution in [0.1, 0.15) is 25.0 Å². The molecular weight excluding hydrogens is 444 g/mol. The highest BCUT2D eigenvalue weighted by molar-refractivity contribution is 6.11. The van der Waals surface area contributed by atoms with Crippen LogP contribution in [0.5, 0.6) is 0 Å². The summed E-state index contributed by atoms with van der Waals surface area (Å²) in [6.07, 6.45) is 0. The standard InChI is InChI=1S/C37H28/c1-37(2)34-20-12-11-18-29(34)30-22-21-27(23-35(30)37)32-24-33(25-13-5-3-6-14-25)36(26-15-7-4-8-16-26)31-19-10-9-17-28(31)32/h3-24H,1-2H3. The van der Waals surface area contributed by atoms with Crippen molar-refractivity contribution in [2.75, 3.05) is 0 Å². The third-order valence-corrected chi connectivity index (χ3v) is 8.09. The van der Waals surface area contributed by atoms with E-state index in [1.165, 1.54) is 66.4 Å². The molecule has 0 nitrogen and oxygen atoms in total. The van der Waals surface area contributed by atoms with Crippen LogP contribution in [0, 0.1) is 0 Å². The molecule has 0 heterocycles. The van der Waals surface area contributed by atoms with Crippen LogP contribution in [0.3, 0.4) is 0 Å². The molecule has 1 aliphatic rings. The first-order valence-corrected chi connectivity index (χ1v) is 13.0. The molecule has 0 aromatic heterocycles. The summed E-state index contributed by atoms with van der Waals surface area (Å²) in [5.74, 6) is 0. The Hall–Kier alpha value is -4.42. The first-order valence-electron chi connectivity index (χ1n) is 13.0. The molecule has 7 rings (SSSR count). The predicted octanol–water partition coefficient (Wildman–Crippen LogP) is 10.1. The Morgan fingerprint density at radius 1 is 0.378 bits per heavy atom. The molecule has 37 heavy (non-hydrogen) atoms. The normalized spacial score (nSPS) is 13.4. The number of fused-ring (bicyclic) bond motifs is 4. The van der Waals surface area contributed by atoms with Crippen LogP contribution in [0.15, 0.2) is 133 Å². The molecule has 0 atom stereocenters. The van der Waals surface area contributed by atoms with Crippen LogP contribution in [0.4, 0.5) is 0 Å². The van der Waals surface area contributed by atoms with E-state index in [0.717, 1.165) is 0 Å². The predicted molar refractivity (Wildman–Crippen MR) is 158 cm³/mol. The molecule has 0 spiro atoms. The fourth-order valence-corrected chi connectivity index (χ4v) is 6.25. The fourth-order valence-electron chi connectivity index (χ4n) is 6.25. The Morgan fingerprint density at radius 3 is 1.73 bits per heavy atom. The molecule has 0 amide bonds. The highest BCUT2D eigenvalue weighted by atomic mass is 14.4. The van der Waals surface area contributed by atoms with Crippen LogP contribution >= 0.6 is 0 Å². The van der Waals surface area contributed by atoms with Crippen molar-refractivity contribution in [2.45, 2.75) is 19.3 Å². The van der Waals surface area contributed by atoms with Gasteiger partial charge in [0, 0.05) is 5.41 Å². The molecule has 0 unspecified atom stereocenters. The van der Waals surface area contributed by atoms with Gasteiger partial charge in [0.15, 0.2) is 0 Å². The van der Waals surface area contributed by atoms with Gasteiger partial charge in [-0.2, -0.15) is 0 Å². The molecular formula is C37H28. The van der Waals surface area contributed by atoms with Gasteiger partial charge in [0.2, 0.25) is 0 Å².